The second-order valence-corrected chi connectivity index (χ2v) is 6.44. The highest BCUT2D eigenvalue weighted by Crippen LogP contribution is 2.16. The summed E-state index contributed by atoms with van der Waals surface area (Å²) in [6.07, 6.45) is 0.307. The van der Waals surface area contributed by atoms with Gasteiger partial charge in [0.1, 0.15) is 5.75 Å². The molecule has 1 saturated heterocycles. The maximum Gasteiger partial charge on any atom is 0.251 e. The Kier molecular flexibility index (Phi) is 6.30. The van der Waals surface area contributed by atoms with Gasteiger partial charge in [0.15, 0.2) is 0 Å². The van der Waals surface area contributed by atoms with E-state index in [0.717, 1.165) is 13.1 Å². The predicted molar refractivity (Wildman–Crippen MR) is 105 cm³/mol. The van der Waals surface area contributed by atoms with Crippen LogP contribution in [0.3, 0.4) is 0 Å². The van der Waals surface area contributed by atoms with Crippen molar-refractivity contribution in [3.8, 4) is 5.75 Å². The lowest BCUT2D eigenvalue weighted by Gasteiger charge is -2.36. The maximum atomic E-state index is 12.4. The van der Waals surface area contributed by atoms with E-state index in [4.69, 9.17) is 4.74 Å². The van der Waals surface area contributed by atoms with Crippen molar-refractivity contribution in [1.29, 1.82) is 0 Å². The first-order valence-corrected chi connectivity index (χ1v) is 9.17. The van der Waals surface area contributed by atoms with Crippen LogP contribution in [-0.2, 0) is 4.79 Å². The molecule has 0 atom stereocenters. The van der Waals surface area contributed by atoms with Gasteiger partial charge in [-0.15, -0.1) is 0 Å². The molecular weight excluding hydrogens is 342 g/mol. The second-order valence-electron chi connectivity index (χ2n) is 6.44. The molecule has 3 rings (SSSR count). The van der Waals surface area contributed by atoms with Gasteiger partial charge in [-0.3, -0.25) is 9.59 Å². The number of carbonyl (C=O) groups excluding carboxylic acids is 2. The molecular formula is C21H25N3O3. The van der Waals surface area contributed by atoms with Crippen molar-refractivity contribution in [3.63, 3.8) is 0 Å². The molecule has 6 nitrogen and oxygen atoms in total. The monoisotopic (exact) mass is 367 g/mol. The molecule has 2 aromatic rings. The Morgan fingerprint density at radius 1 is 1.00 bits per heavy atom. The van der Waals surface area contributed by atoms with Crippen molar-refractivity contribution < 1.29 is 14.3 Å². The first-order chi connectivity index (χ1) is 13.2. The zero-order chi connectivity index (χ0) is 19.1. The summed E-state index contributed by atoms with van der Waals surface area (Å²) in [7, 11) is 1.56. The molecule has 0 aromatic heterocycles. The highest BCUT2D eigenvalue weighted by atomic mass is 16.5. The number of hydrogen-bond donors (Lipinski definition) is 1. The van der Waals surface area contributed by atoms with Crippen LogP contribution < -0.4 is 15.0 Å². The number of anilines is 1. The number of ether oxygens (including phenoxy) is 1. The van der Waals surface area contributed by atoms with E-state index in [2.05, 4.69) is 22.3 Å². The molecule has 0 bridgehead atoms. The first kappa shape index (κ1) is 18.8. The van der Waals surface area contributed by atoms with E-state index >= 15 is 0 Å². The highest BCUT2D eigenvalue weighted by Gasteiger charge is 2.21. The molecule has 142 valence electrons. The third-order valence-electron chi connectivity index (χ3n) is 4.71. The summed E-state index contributed by atoms with van der Waals surface area (Å²) in [5, 5.41) is 2.80. The average molecular weight is 367 g/mol. The number of amides is 2. The summed E-state index contributed by atoms with van der Waals surface area (Å²) in [6, 6.07) is 17.2. The number of hydrogen-bond acceptors (Lipinski definition) is 4. The van der Waals surface area contributed by atoms with E-state index in [9.17, 15) is 9.59 Å². The number of piperazine rings is 1. The lowest BCUT2D eigenvalue weighted by atomic mass is 10.2. The van der Waals surface area contributed by atoms with Crippen molar-refractivity contribution >= 4 is 17.5 Å². The number of nitrogens with one attached hydrogen (secondary N) is 1. The highest BCUT2D eigenvalue weighted by molar-refractivity contribution is 5.94. The molecule has 6 heteroatoms. The minimum absolute atomic E-state index is 0.0775. The Labute approximate surface area is 159 Å². The zero-order valence-electron chi connectivity index (χ0n) is 15.6. The van der Waals surface area contributed by atoms with Crippen LogP contribution in [0.15, 0.2) is 54.6 Å². The van der Waals surface area contributed by atoms with Gasteiger partial charge in [-0.25, -0.2) is 0 Å². The topological polar surface area (TPSA) is 61.9 Å². The quantitative estimate of drug-likeness (QED) is 0.850. The van der Waals surface area contributed by atoms with Gasteiger partial charge in [-0.2, -0.15) is 0 Å². The van der Waals surface area contributed by atoms with Gasteiger partial charge >= 0.3 is 0 Å². The number of nitrogens with zero attached hydrogens (tertiary/aromatic N) is 2. The van der Waals surface area contributed by atoms with Crippen molar-refractivity contribution in [1.82, 2.24) is 10.2 Å². The first-order valence-electron chi connectivity index (χ1n) is 9.17. The molecule has 2 amide bonds. The minimum atomic E-state index is -0.199. The van der Waals surface area contributed by atoms with Gasteiger partial charge in [0.2, 0.25) is 5.91 Å². The van der Waals surface area contributed by atoms with Crippen LogP contribution in [0.4, 0.5) is 5.69 Å². The Bertz CT molecular complexity index is 771. The summed E-state index contributed by atoms with van der Waals surface area (Å²) in [5.41, 5.74) is 1.72. The van der Waals surface area contributed by atoms with E-state index in [-0.39, 0.29) is 11.8 Å². The maximum absolute atomic E-state index is 12.4. The van der Waals surface area contributed by atoms with E-state index in [1.807, 2.05) is 23.1 Å². The number of methoxy groups -OCH3 is 1. The molecule has 1 aliphatic rings. The van der Waals surface area contributed by atoms with Crippen LogP contribution >= 0.6 is 0 Å². The summed E-state index contributed by atoms with van der Waals surface area (Å²) in [5.74, 6) is 0.513. The molecule has 0 unspecified atom stereocenters. The Balaban J connectivity index is 1.41. The molecule has 0 radical (unpaired) electrons. The van der Waals surface area contributed by atoms with Crippen LogP contribution in [0.1, 0.15) is 16.8 Å². The van der Waals surface area contributed by atoms with Gasteiger partial charge < -0.3 is 19.9 Å². The number of rotatable bonds is 6. The largest absolute Gasteiger partial charge is 0.497 e. The molecule has 1 aliphatic heterocycles. The Hall–Kier alpha value is -3.02. The van der Waals surface area contributed by atoms with E-state index < -0.39 is 0 Å². The van der Waals surface area contributed by atoms with Crippen molar-refractivity contribution in [3.05, 3.63) is 60.2 Å². The lowest BCUT2D eigenvalue weighted by Crippen LogP contribution is -2.49. The van der Waals surface area contributed by atoms with Gasteiger partial charge in [-0.05, 0) is 30.3 Å². The van der Waals surface area contributed by atoms with Crippen molar-refractivity contribution in [2.24, 2.45) is 0 Å². The fraction of sp³-hybridized carbons (Fsp3) is 0.333. The number of carbonyl (C=O) groups is 2. The van der Waals surface area contributed by atoms with Gasteiger partial charge in [0.05, 0.1) is 7.11 Å². The van der Waals surface area contributed by atoms with E-state index in [0.29, 0.717) is 37.4 Å². The number of para-hydroxylation sites is 1. The molecule has 0 aliphatic carbocycles. The van der Waals surface area contributed by atoms with Gasteiger partial charge in [0.25, 0.3) is 5.91 Å². The predicted octanol–water partition coefficient (Wildman–Crippen LogP) is 2.16. The fourth-order valence-corrected chi connectivity index (χ4v) is 3.16. The molecule has 0 spiro atoms. The second kappa shape index (κ2) is 9.07. The van der Waals surface area contributed by atoms with Crippen LogP contribution in [0.5, 0.6) is 5.75 Å². The van der Waals surface area contributed by atoms with Crippen molar-refractivity contribution in [2.75, 3.05) is 44.7 Å². The molecule has 2 aromatic carbocycles. The third-order valence-corrected chi connectivity index (χ3v) is 4.71. The summed E-state index contributed by atoms with van der Waals surface area (Å²) in [4.78, 5) is 28.7. The smallest absolute Gasteiger partial charge is 0.251 e. The van der Waals surface area contributed by atoms with Crippen molar-refractivity contribution in [2.45, 2.75) is 6.42 Å². The SMILES string of the molecule is COc1cccc(C(=O)NCCC(=O)N2CCN(c3ccccc3)CC2)c1. The van der Waals surface area contributed by atoms with E-state index in [1.165, 1.54) is 5.69 Å². The van der Waals surface area contributed by atoms with Gasteiger partial charge in [-0.1, -0.05) is 24.3 Å². The average Bonchev–Trinajstić information content (AvgIpc) is 2.74. The molecule has 1 fully saturated rings. The summed E-state index contributed by atoms with van der Waals surface area (Å²) < 4.78 is 5.12. The molecule has 1 heterocycles. The van der Waals surface area contributed by atoms with Gasteiger partial charge in [0, 0.05) is 50.4 Å². The lowest BCUT2D eigenvalue weighted by molar-refractivity contribution is -0.131. The molecule has 0 saturated carbocycles. The van der Waals surface area contributed by atoms with E-state index in [1.54, 1.807) is 31.4 Å². The summed E-state index contributed by atoms with van der Waals surface area (Å²) in [6.45, 7) is 3.39. The number of benzene rings is 2. The Morgan fingerprint density at radius 3 is 2.44 bits per heavy atom. The van der Waals surface area contributed by atoms with Crippen LogP contribution in [0, 0.1) is 0 Å². The normalized spacial score (nSPS) is 14.0. The summed E-state index contributed by atoms with van der Waals surface area (Å²) >= 11 is 0. The third kappa shape index (κ3) is 5.00. The Morgan fingerprint density at radius 2 is 1.74 bits per heavy atom. The fourth-order valence-electron chi connectivity index (χ4n) is 3.16. The standard InChI is InChI=1S/C21H25N3O3/c1-27-19-9-5-6-17(16-19)21(26)22-11-10-20(25)24-14-12-23(13-15-24)18-7-3-2-4-8-18/h2-9,16H,10-15H2,1H3,(H,22,26). The molecule has 1 N–H and O–H groups in total. The van der Waals surface area contributed by atoms with Crippen LogP contribution in [-0.4, -0.2) is 56.5 Å². The van der Waals surface area contributed by atoms with Crippen LogP contribution in [0.25, 0.3) is 0 Å². The van der Waals surface area contributed by atoms with Crippen LogP contribution in [0.2, 0.25) is 0 Å². The minimum Gasteiger partial charge on any atom is -0.497 e. The zero-order valence-corrected chi connectivity index (χ0v) is 15.6. The molecule has 27 heavy (non-hydrogen) atoms.